The van der Waals surface area contributed by atoms with Crippen LogP contribution in [0.3, 0.4) is 0 Å². The zero-order valence-corrected chi connectivity index (χ0v) is 9.86. The Balaban J connectivity index is 2.08. The lowest BCUT2D eigenvalue weighted by atomic mass is 10.2. The molecule has 0 aliphatic carbocycles. The van der Waals surface area contributed by atoms with Crippen LogP contribution in [-0.2, 0) is 13.6 Å². The standard InChI is InChI=1S/C12H16N4/c1-9-12(5-4-6-13-9)14-7-11-8-15-16(3)10(11)2/h4-6,8,14H,7H2,1-3H3. The van der Waals surface area contributed by atoms with Crippen LogP contribution in [0.4, 0.5) is 5.69 Å². The number of hydrogen-bond donors (Lipinski definition) is 1. The first-order valence-electron chi connectivity index (χ1n) is 5.31. The lowest BCUT2D eigenvalue weighted by molar-refractivity contribution is 0.738. The van der Waals surface area contributed by atoms with Gasteiger partial charge in [0.1, 0.15) is 0 Å². The lowest BCUT2D eigenvalue weighted by Crippen LogP contribution is -2.03. The molecule has 4 heteroatoms. The number of aromatic nitrogens is 3. The maximum absolute atomic E-state index is 4.24. The summed E-state index contributed by atoms with van der Waals surface area (Å²) in [6, 6.07) is 3.97. The maximum atomic E-state index is 4.24. The number of pyridine rings is 1. The van der Waals surface area contributed by atoms with Crippen molar-refractivity contribution in [2.45, 2.75) is 20.4 Å². The summed E-state index contributed by atoms with van der Waals surface area (Å²) < 4.78 is 1.88. The van der Waals surface area contributed by atoms with Gasteiger partial charge in [0.2, 0.25) is 0 Å². The molecule has 0 unspecified atom stereocenters. The minimum absolute atomic E-state index is 0.784. The molecule has 84 valence electrons. The zero-order valence-electron chi connectivity index (χ0n) is 9.86. The van der Waals surface area contributed by atoms with Crippen molar-refractivity contribution in [3.63, 3.8) is 0 Å². The van der Waals surface area contributed by atoms with Crippen LogP contribution in [0.5, 0.6) is 0 Å². The highest BCUT2D eigenvalue weighted by atomic mass is 15.3. The molecule has 0 saturated carbocycles. The second kappa shape index (κ2) is 4.35. The summed E-state index contributed by atoms with van der Waals surface area (Å²) in [5, 5.41) is 7.58. The van der Waals surface area contributed by atoms with Gasteiger partial charge in [-0.3, -0.25) is 9.67 Å². The van der Waals surface area contributed by atoms with Crippen LogP contribution in [0.15, 0.2) is 24.5 Å². The molecule has 2 heterocycles. The van der Waals surface area contributed by atoms with Gasteiger partial charge < -0.3 is 5.32 Å². The van der Waals surface area contributed by atoms with E-state index >= 15 is 0 Å². The highest BCUT2D eigenvalue weighted by molar-refractivity contribution is 5.47. The molecule has 0 atom stereocenters. The van der Waals surface area contributed by atoms with Crippen LogP contribution in [0, 0.1) is 13.8 Å². The van der Waals surface area contributed by atoms with Gasteiger partial charge in [-0.05, 0) is 26.0 Å². The number of aryl methyl sites for hydroxylation is 2. The van der Waals surface area contributed by atoms with Crippen LogP contribution < -0.4 is 5.32 Å². The Labute approximate surface area is 95.3 Å². The average Bonchev–Trinajstić information content (AvgIpc) is 2.59. The van der Waals surface area contributed by atoms with Crippen molar-refractivity contribution in [1.29, 1.82) is 0 Å². The molecule has 0 amide bonds. The van der Waals surface area contributed by atoms with Gasteiger partial charge in [-0.1, -0.05) is 0 Å². The zero-order chi connectivity index (χ0) is 11.5. The van der Waals surface area contributed by atoms with Gasteiger partial charge in [-0.25, -0.2) is 0 Å². The van der Waals surface area contributed by atoms with E-state index in [0.29, 0.717) is 0 Å². The van der Waals surface area contributed by atoms with Crippen LogP contribution >= 0.6 is 0 Å². The van der Waals surface area contributed by atoms with Crippen molar-refractivity contribution in [3.8, 4) is 0 Å². The van der Waals surface area contributed by atoms with Gasteiger partial charge in [-0.15, -0.1) is 0 Å². The molecule has 2 aromatic heterocycles. The molecule has 2 rings (SSSR count). The van der Waals surface area contributed by atoms with E-state index in [1.165, 1.54) is 11.3 Å². The largest absolute Gasteiger partial charge is 0.379 e. The van der Waals surface area contributed by atoms with Gasteiger partial charge in [0.15, 0.2) is 0 Å². The van der Waals surface area contributed by atoms with E-state index in [4.69, 9.17) is 0 Å². The van der Waals surface area contributed by atoms with Gasteiger partial charge >= 0.3 is 0 Å². The quantitative estimate of drug-likeness (QED) is 0.853. The fourth-order valence-electron chi connectivity index (χ4n) is 1.58. The predicted molar refractivity (Wildman–Crippen MR) is 64.2 cm³/mol. The summed E-state index contributed by atoms with van der Waals surface area (Å²) >= 11 is 0. The SMILES string of the molecule is Cc1ncccc1NCc1cnn(C)c1C. The first-order chi connectivity index (χ1) is 7.68. The summed E-state index contributed by atoms with van der Waals surface area (Å²) in [5.74, 6) is 0. The third-order valence-electron chi connectivity index (χ3n) is 2.81. The van der Waals surface area contributed by atoms with Crippen molar-refractivity contribution in [1.82, 2.24) is 14.8 Å². The third-order valence-corrected chi connectivity index (χ3v) is 2.81. The van der Waals surface area contributed by atoms with Gasteiger partial charge in [0, 0.05) is 31.0 Å². The number of nitrogens with zero attached hydrogens (tertiary/aromatic N) is 3. The van der Waals surface area contributed by atoms with Crippen molar-refractivity contribution >= 4 is 5.69 Å². The number of rotatable bonds is 3. The summed E-state index contributed by atoms with van der Waals surface area (Å²) in [5.41, 5.74) is 4.49. The van der Waals surface area contributed by atoms with Crippen molar-refractivity contribution < 1.29 is 0 Å². The van der Waals surface area contributed by atoms with Gasteiger partial charge in [-0.2, -0.15) is 5.10 Å². The van der Waals surface area contributed by atoms with Crippen molar-refractivity contribution in [3.05, 3.63) is 41.5 Å². The first kappa shape index (κ1) is 10.7. The van der Waals surface area contributed by atoms with E-state index in [1.54, 1.807) is 6.20 Å². The van der Waals surface area contributed by atoms with Crippen molar-refractivity contribution in [2.24, 2.45) is 7.05 Å². The number of hydrogen-bond acceptors (Lipinski definition) is 3. The molecule has 0 fully saturated rings. The molecule has 16 heavy (non-hydrogen) atoms. The van der Waals surface area contributed by atoms with Gasteiger partial charge in [0.25, 0.3) is 0 Å². The van der Waals surface area contributed by atoms with E-state index in [9.17, 15) is 0 Å². The molecule has 0 aromatic carbocycles. The van der Waals surface area contributed by atoms with E-state index in [2.05, 4.69) is 22.3 Å². The topological polar surface area (TPSA) is 42.7 Å². The fourth-order valence-corrected chi connectivity index (χ4v) is 1.58. The van der Waals surface area contributed by atoms with E-state index in [0.717, 1.165) is 17.9 Å². The average molecular weight is 216 g/mol. The fraction of sp³-hybridized carbons (Fsp3) is 0.333. The summed E-state index contributed by atoms with van der Waals surface area (Å²) in [6.07, 6.45) is 3.70. The monoisotopic (exact) mass is 216 g/mol. The third kappa shape index (κ3) is 2.05. The highest BCUT2D eigenvalue weighted by Crippen LogP contribution is 2.13. The molecule has 0 spiro atoms. The van der Waals surface area contributed by atoms with E-state index < -0.39 is 0 Å². The summed E-state index contributed by atoms with van der Waals surface area (Å²) in [4.78, 5) is 4.24. The highest BCUT2D eigenvalue weighted by Gasteiger charge is 2.04. The molecule has 0 aliphatic heterocycles. The lowest BCUT2D eigenvalue weighted by Gasteiger charge is -2.07. The van der Waals surface area contributed by atoms with Crippen LogP contribution in [-0.4, -0.2) is 14.8 Å². The number of anilines is 1. The minimum atomic E-state index is 0.784. The van der Waals surface area contributed by atoms with E-state index in [1.807, 2.05) is 37.0 Å². The molecule has 0 saturated heterocycles. The second-order valence-electron chi connectivity index (χ2n) is 3.87. The summed E-state index contributed by atoms with van der Waals surface area (Å²) in [7, 11) is 1.95. The van der Waals surface area contributed by atoms with Crippen molar-refractivity contribution in [2.75, 3.05) is 5.32 Å². The molecule has 2 aromatic rings. The minimum Gasteiger partial charge on any atom is -0.379 e. The molecule has 4 nitrogen and oxygen atoms in total. The molecular weight excluding hydrogens is 200 g/mol. The van der Waals surface area contributed by atoms with Gasteiger partial charge in [0.05, 0.1) is 17.6 Å². The smallest absolute Gasteiger partial charge is 0.0603 e. The van der Waals surface area contributed by atoms with Crippen LogP contribution in [0.2, 0.25) is 0 Å². The Bertz CT molecular complexity index is 488. The second-order valence-corrected chi connectivity index (χ2v) is 3.87. The normalized spacial score (nSPS) is 10.4. The first-order valence-corrected chi connectivity index (χ1v) is 5.31. The Morgan fingerprint density at radius 2 is 2.19 bits per heavy atom. The van der Waals surface area contributed by atoms with Crippen LogP contribution in [0.25, 0.3) is 0 Å². The molecule has 0 aliphatic rings. The molecular formula is C12H16N4. The van der Waals surface area contributed by atoms with E-state index in [-0.39, 0.29) is 0 Å². The Hall–Kier alpha value is -1.84. The molecule has 0 radical (unpaired) electrons. The Morgan fingerprint density at radius 1 is 1.38 bits per heavy atom. The predicted octanol–water partition coefficient (Wildman–Crippen LogP) is 2.04. The maximum Gasteiger partial charge on any atom is 0.0603 e. The van der Waals surface area contributed by atoms with Crippen LogP contribution in [0.1, 0.15) is 17.0 Å². The Kier molecular flexibility index (Phi) is 2.90. The molecule has 0 bridgehead atoms. The number of nitrogens with one attached hydrogen (secondary N) is 1. The molecule has 1 N–H and O–H groups in total. The summed E-state index contributed by atoms with van der Waals surface area (Å²) in [6.45, 7) is 4.85. The Morgan fingerprint density at radius 3 is 2.81 bits per heavy atom.